The van der Waals surface area contributed by atoms with Crippen LogP contribution in [0.25, 0.3) is 0 Å². The molecule has 0 unspecified atom stereocenters. The molecule has 1 aromatic rings. The highest BCUT2D eigenvalue weighted by Gasteiger charge is 2.30. The molecular formula is C23H34N4O8. The lowest BCUT2D eigenvalue weighted by Crippen LogP contribution is -2.58. The third-order valence-electron chi connectivity index (χ3n) is 5.06. The molecule has 8 N–H and O–H groups in total. The Balaban J connectivity index is 2.87. The average Bonchev–Trinajstić information content (AvgIpc) is 2.79. The van der Waals surface area contributed by atoms with Crippen LogP contribution in [0.3, 0.4) is 0 Å². The van der Waals surface area contributed by atoms with E-state index in [0.717, 1.165) is 0 Å². The van der Waals surface area contributed by atoms with E-state index in [1.165, 1.54) is 0 Å². The van der Waals surface area contributed by atoms with E-state index in [2.05, 4.69) is 16.0 Å². The minimum absolute atomic E-state index is 0.0355. The van der Waals surface area contributed by atoms with Gasteiger partial charge in [-0.25, -0.2) is 4.79 Å². The van der Waals surface area contributed by atoms with Gasteiger partial charge in [0.2, 0.25) is 17.7 Å². The maximum absolute atomic E-state index is 12.9. The van der Waals surface area contributed by atoms with Gasteiger partial charge in [-0.1, -0.05) is 44.2 Å². The van der Waals surface area contributed by atoms with Crippen LogP contribution in [0, 0.1) is 5.92 Å². The summed E-state index contributed by atoms with van der Waals surface area (Å²) in [4.78, 5) is 60.1. The number of aliphatic hydroxyl groups excluding tert-OH is 1. The number of nitrogens with one attached hydrogen (secondary N) is 3. The van der Waals surface area contributed by atoms with Gasteiger partial charge in [0.15, 0.2) is 0 Å². The summed E-state index contributed by atoms with van der Waals surface area (Å²) < 4.78 is 0. The summed E-state index contributed by atoms with van der Waals surface area (Å²) in [6.45, 7) is 2.81. The van der Waals surface area contributed by atoms with E-state index < -0.39 is 60.4 Å². The molecule has 0 heterocycles. The van der Waals surface area contributed by atoms with Gasteiger partial charge in [-0.2, -0.15) is 0 Å². The van der Waals surface area contributed by atoms with Crippen molar-refractivity contribution in [2.45, 2.75) is 63.7 Å². The number of benzene rings is 1. The molecule has 0 aromatic heterocycles. The number of amides is 3. The molecular weight excluding hydrogens is 460 g/mol. The fourth-order valence-corrected chi connectivity index (χ4v) is 3.18. The van der Waals surface area contributed by atoms with Crippen LogP contribution in [0.4, 0.5) is 0 Å². The largest absolute Gasteiger partial charge is 0.481 e. The number of nitrogens with two attached hydrogens (primary N) is 1. The van der Waals surface area contributed by atoms with Gasteiger partial charge in [0.05, 0.1) is 12.6 Å². The van der Waals surface area contributed by atoms with Crippen LogP contribution in [0.15, 0.2) is 30.3 Å². The van der Waals surface area contributed by atoms with Crippen LogP contribution >= 0.6 is 0 Å². The number of carbonyl (C=O) groups excluding carboxylic acids is 3. The van der Waals surface area contributed by atoms with Gasteiger partial charge >= 0.3 is 11.9 Å². The molecule has 0 radical (unpaired) electrons. The quantitative estimate of drug-likeness (QED) is 0.159. The molecule has 12 nitrogen and oxygen atoms in total. The minimum atomic E-state index is -1.44. The first-order valence-corrected chi connectivity index (χ1v) is 11.2. The molecule has 1 aromatic carbocycles. The van der Waals surface area contributed by atoms with Gasteiger partial charge in [0.25, 0.3) is 0 Å². The Morgan fingerprint density at radius 3 is 1.91 bits per heavy atom. The van der Waals surface area contributed by atoms with Crippen LogP contribution in [-0.2, 0) is 30.4 Å². The summed E-state index contributed by atoms with van der Waals surface area (Å²) >= 11 is 0. The average molecular weight is 495 g/mol. The maximum Gasteiger partial charge on any atom is 0.326 e. The molecule has 0 aliphatic heterocycles. The van der Waals surface area contributed by atoms with Crippen LogP contribution < -0.4 is 21.7 Å². The highest BCUT2D eigenvalue weighted by atomic mass is 16.4. The Morgan fingerprint density at radius 1 is 0.857 bits per heavy atom. The van der Waals surface area contributed by atoms with E-state index in [9.17, 15) is 34.2 Å². The third-order valence-corrected chi connectivity index (χ3v) is 5.06. The van der Waals surface area contributed by atoms with Crippen molar-refractivity contribution in [3.05, 3.63) is 35.9 Å². The molecule has 0 saturated carbocycles. The van der Waals surface area contributed by atoms with Crippen LogP contribution in [0.5, 0.6) is 0 Å². The predicted octanol–water partition coefficient (Wildman–Crippen LogP) is -1.00. The Bertz CT molecular complexity index is 878. The molecule has 0 fully saturated rings. The molecule has 0 aliphatic carbocycles. The molecule has 1 rings (SSSR count). The van der Waals surface area contributed by atoms with E-state index in [4.69, 9.17) is 10.8 Å². The SMILES string of the molecule is CC(C)C[C@H](NC(=O)[C@H](CO)NC(=O)[C@@H](N)CCC(=O)O)C(=O)N[C@@H](Cc1ccccc1)C(=O)O. The summed E-state index contributed by atoms with van der Waals surface area (Å²) in [5.74, 6) is -4.88. The van der Waals surface area contributed by atoms with Gasteiger partial charge in [0, 0.05) is 12.8 Å². The van der Waals surface area contributed by atoms with Crippen molar-refractivity contribution in [3.8, 4) is 0 Å². The van der Waals surface area contributed by atoms with Crippen molar-refractivity contribution in [1.29, 1.82) is 0 Å². The Hall–Kier alpha value is -3.51. The lowest BCUT2D eigenvalue weighted by Gasteiger charge is -2.25. The second-order valence-corrected chi connectivity index (χ2v) is 8.56. The van der Waals surface area contributed by atoms with Crippen molar-refractivity contribution in [1.82, 2.24) is 16.0 Å². The molecule has 0 spiro atoms. The lowest BCUT2D eigenvalue weighted by atomic mass is 10.0. The smallest absolute Gasteiger partial charge is 0.326 e. The van der Waals surface area contributed by atoms with Crippen molar-refractivity contribution >= 4 is 29.7 Å². The fourth-order valence-electron chi connectivity index (χ4n) is 3.18. The Morgan fingerprint density at radius 2 is 1.40 bits per heavy atom. The highest BCUT2D eigenvalue weighted by Crippen LogP contribution is 2.08. The zero-order chi connectivity index (χ0) is 26.5. The molecule has 194 valence electrons. The summed E-state index contributed by atoms with van der Waals surface area (Å²) in [5.41, 5.74) is 6.32. The number of hydrogen-bond acceptors (Lipinski definition) is 7. The number of aliphatic hydroxyl groups is 1. The minimum Gasteiger partial charge on any atom is -0.481 e. The topological polar surface area (TPSA) is 208 Å². The molecule has 3 amide bonds. The normalized spacial score (nSPS) is 14.3. The first kappa shape index (κ1) is 29.5. The number of carbonyl (C=O) groups is 5. The first-order chi connectivity index (χ1) is 16.4. The number of hydrogen-bond donors (Lipinski definition) is 7. The van der Waals surface area contributed by atoms with E-state index in [0.29, 0.717) is 5.56 Å². The zero-order valence-electron chi connectivity index (χ0n) is 19.8. The molecule has 0 saturated heterocycles. The Kier molecular flexibility index (Phi) is 12.4. The second-order valence-electron chi connectivity index (χ2n) is 8.56. The Labute approximate surface area is 203 Å². The maximum atomic E-state index is 12.9. The lowest BCUT2D eigenvalue weighted by molar-refractivity contribution is -0.142. The molecule has 35 heavy (non-hydrogen) atoms. The van der Waals surface area contributed by atoms with Gasteiger partial charge in [-0.05, 0) is 24.3 Å². The zero-order valence-corrected chi connectivity index (χ0v) is 19.8. The fraction of sp³-hybridized carbons (Fsp3) is 0.522. The number of rotatable bonds is 15. The standard InChI is InChI=1S/C23H34N4O8/c1-13(2)10-16(21(32)26-17(23(34)35)11-14-6-4-3-5-7-14)25-22(33)18(12-28)27-20(31)15(24)8-9-19(29)30/h3-7,13,15-18,28H,8-12,24H2,1-2H3,(H,25,33)(H,26,32)(H,27,31)(H,29,30)(H,34,35)/t15-,16-,17-,18-/m0/s1. The first-order valence-electron chi connectivity index (χ1n) is 11.2. The monoisotopic (exact) mass is 494 g/mol. The van der Waals surface area contributed by atoms with Crippen LogP contribution in [0.2, 0.25) is 0 Å². The van der Waals surface area contributed by atoms with E-state index in [1.54, 1.807) is 44.2 Å². The van der Waals surface area contributed by atoms with Crippen molar-refractivity contribution < 1.29 is 39.3 Å². The van der Waals surface area contributed by atoms with Crippen molar-refractivity contribution in [3.63, 3.8) is 0 Å². The van der Waals surface area contributed by atoms with Crippen molar-refractivity contribution in [2.24, 2.45) is 11.7 Å². The third kappa shape index (κ3) is 11.0. The van der Waals surface area contributed by atoms with Crippen LogP contribution in [0.1, 0.15) is 38.7 Å². The van der Waals surface area contributed by atoms with E-state index in [-0.39, 0.29) is 31.6 Å². The summed E-state index contributed by atoms with van der Waals surface area (Å²) in [5, 5.41) is 34.9. The molecule has 0 bridgehead atoms. The van der Waals surface area contributed by atoms with E-state index in [1.807, 2.05) is 0 Å². The number of aliphatic carboxylic acids is 2. The second kappa shape index (κ2) is 14.7. The predicted molar refractivity (Wildman–Crippen MR) is 125 cm³/mol. The summed E-state index contributed by atoms with van der Waals surface area (Å²) in [6.07, 6.45) is -0.320. The molecule has 12 heteroatoms. The highest BCUT2D eigenvalue weighted by molar-refractivity contribution is 5.94. The van der Waals surface area contributed by atoms with Gasteiger partial charge in [0.1, 0.15) is 18.1 Å². The van der Waals surface area contributed by atoms with Crippen molar-refractivity contribution in [2.75, 3.05) is 6.61 Å². The van der Waals surface area contributed by atoms with Gasteiger partial charge in [-0.3, -0.25) is 19.2 Å². The summed E-state index contributed by atoms with van der Waals surface area (Å²) in [7, 11) is 0. The summed E-state index contributed by atoms with van der Waals surface area (Å²) in [6, 6.07) is 3.70. The molecule has 4 atom stereocenters. The number of carboxylic acid groups (broad SMARTS) is 2. The van der Waals surface area contributed by atoms with Gasteiger partial charge in [-0.15, -0.1) is 0 Å². The van der Waals surface area contributed by atoms with Gasteiger partial charge < -0.3 is 37.0 Å². The molecule has 0 aliphatic rings. The van der Waals surface area contributed by atoms with Crippen LogP contribution in [-0.4, -0.2) is 75.8 Å². The number of carboxylic acids is 2. The van der Waals surface area contributed by atoms with E-state index >= 15 is 0 Å².